The Balaban J connectivity index is 2.13. The third-order valence-electron chi connectivity index (χ3n) is 5.21. The van der Waals surface area contributed by atoms with E-state index in [0.717, 1.165) is 35.9 Å². The van der Waals surface area contributed by atoms with E-state index in [-0.39, 0.29) is 5.41 Å². The molecule has 0 bridgehead atoms. The Morgan fingerprint density at radius 2 is 2.00 bits per heavy atom. The quantitative estimate of drug-likeness (QED) is 0.887. The van der Waals surface area contributed by atoms with Crippen LogP contribution in [-0.2, 0) is 0 Å². The normalized spacial score (nSPS) is 28.6. The lowest BCUT2D eigenvalue weighted by Crippen LogP contribution is -2.40. The molecule has 0 radical (unpaired) electrons. The average Bonchev–Trinajstić information content (AvgIpc) is 2.47. The average molecular weight is 276 g/mol. The largest absolute Gasteiger partial charge is 0.388 e. The van der Waals surface area contributed by atoms with E-state index in [4.69, 9.17) is 5.73 Å². The maximum Gasteiger partial charge on any atom is 0.0873 e. The first-order chi connectivity index (χ1) is 9.48. The second kappa shape index (κ2) is 6.23. The van der Waals surface area contributed by atoms with Gasteiger partial charge in [0.1, 0.15) is 0 Å². The van der Waals surface area contributed by atoms with Gasteiger partial charge in [0.05, 0.1) is 6.10 Å². The minimum atomic E-state index is -0.492. The van der Waals surface area contributed by atoms with E-state index in [1.807, 2.05) is 19.1 Å². The fourth-order valence-electron chi connectivity index (χ4n) is 3.47. The van der Waals surface area contributed by atoms with Gasteiger partial charge in [-0.05, 0) is 56.1 Å². The first kappa shape index (κ1) is 15.5. The molecule has 1 unspecified atom stereocenters. The number of pyridine rings is 1. The van der Waals surface area contributed by atoms with Crippen LogP contribution in [0.2, 0.25) is 0 Å². The molecule has 3 heteroatoms. The highest BCUT2D eigenvalue weighted by molar-refractivity contribution is 5.19. The van der Waals surface area contributed by atoms with Crippen LogP contribution in [-0.4, -0.2) is 16.6 Å². The summed E-state index contributed by atoms with van der Waals surface area (Å²) in [7, 11) is 0. The van der Waals surface area contributed by atoms with Crippen LogP contribution in [0.5, 0.6) is 0 Å². The number of hydrogen-bond donors (Lipinski definition) is 2. The van der Waals surface area contributed by atoms with Gasteiger partial charge in [-0.1, -0.05) is 19.9 Å². The number of aryl methyl sites for hydroxylation is 1. The van der Waals surface area contributed by atoms with Crippen molar-refractivity contribution in [1.82, 2.24) is 4.98 Å². The molecule has 1 aliphatic carbocycles. The number of nitrogens with two attached hydrogens (primary N) is 1. The highest BCUT2D eigenvalue weighted by Gasteiger charge is 2.41. The van der Waals surface area contributed by atoms with Gasteiger partial charge < -0.3 is 10.8 Å². The summed E-state index contributed by atoms with van der Waals surface area (Å²) in [6, 6.07) is 3.95. The van der Waals surface area contributed by atoms with Crippen molar-refractivity contribution in [2.45, 2.75) is 52.6 Å². The summed E-state index contributed by atoms with van der Waals surface area (Å²) in [5.41, 5.74) is 7.77. The number of nitrogens with zero attached hydrogens (tertiary/aromatic N) is 1. The fourth-order valence-corrected chi connectivity index (χ4v) is 3.47. The Labute approximate surface area is 122 Å². The Hall–Kier alpha value is -0.930. The molecule has 1 atom stereocenters. The van der Waals surface area contributed by atoms with Gasteiger partial charge in [0, 0.05) is 23.9 Å². The minimum Gasteiger partial charge on any atom is -0.388 e. The summed E-state index contributed by atoms with van der Waals surface area (Å²) in [6.07, 6.45) is 5.68. The third kappa shape index (κ3) is 3.04. The molecular weight excluding hydrogens is 248 g/mol. The second-order valence-corrected chi connectivity index (χ2v) is 6.78. The van der Waals surface area contributed by atoms with Gasteiger partial charge in [0.25, 0.3) is 0 Å². The van der Waals surface area contributed by atoms with Gasteiger partial charge in [0.15, 0.2) is 0 Å². The smallest absolute Gasteiger partial charge is 0.0873 e. The van der Waals surface area contributed by atoms with Crippen molar-refractivity contribution >= 4 is 0 Å². The van der Waals surface area contributed by atoms with Crippen molar-refractivity contribution in [2.24, 2.45) is 23.0 Å². The van der Waals surface area contributed by atoms with Crippen LogP contribution in [0.15, 0.2) is 18.3 Å². The molecular formula is C17H28N2O. The van der Waals surface area contributed by atoms with Gasteiger partial charge in [-0.2, -0.15) is 0 Å². The second-order valence-electron chi connectivity index (χ2n) is 6.78. The molecule has 1 heterocycles. The molecule has 1 aromatic rings. The molecule has 1 saturated carbocycles. The first-order valence-corrected chi connectivity index (χ1v) is 7.79. The van der Waals surface area contributed by atoms with Crippen LogP contribution in [0.3, 0.4) is 0 Å². The van der Waals surface area contributed by atoms with Crippen molar-refractivity contribution in [3.63, 3.8) is 0 Å². The molecule has 0 spiro atoms. The van der Waals surface area contributed by atoms with E-state index in [0.29, 0.717) is 6.54 Å². The van der Waals surface area contributed by atoms with Gasteiger partial charge in [-0.3, -0.25) is 4.98 Å². The Morgan fingerprint density at radius 1 is 1.35 bits per heavy atom. The standard InChI is InChI=1S/C17H28N2O/c1-12(2)14-6-8-17(11-18,9-7-14)16(20)15-5-4-13(3)19-10-15/h4-5,10,12,14,16,20H,6-9,11,18H2,1-3H3. The number of aliphatic hydroxyl groups excluding tert-OH is 1. The van der Waals surface area contributed by atoms with E-state index < -0.39 is 6.10 Å². The molecule has 3 nitrogen and oxygen atoms in total. The zero-order chi connectivity index (χ0) is 14.8. The Morgan fingerprint density at radius 3 is 2.45 bits per heavy atom. The van der Waals surface area contributed by atoms with Gasteiger partial charge in [0.2, 0.25) is 0 Å². The predicted molar refractivity (Wildman–Crippen MR) is 82.2 cm³/mol. The van der Waals surface area contributed by atoms with E-state index >= 15 is 0 Å². The van der Waals surface area contributed by atoms with Crippen molar-refractivity contribution in [3.8, 4) is 0 Å². The van der Waals surface area contributed by atoms with Gasteiger partial charge in [-0.25, -0.2) is 0 Å². The van der Waals surface area contributed by atoms with Crippen molar-refractivity contribution < 1.29 is 5.11 Å². The van der Waals surface area contributed by atoms with Crippen LogP contribution < -0.4 is 5.73 Å². The molecule has 0 amide bonds. The molecule has 20 heavy (non-hydrogen) atoms. The fraction of sp³-hybridized carbons (Fsp3) is 0.706. The third-order valence-corrected chi connectivity index (χ3v) is 5.21. The van der Waals surface area contributed by atoms with E-state index in [1.165, 1.54) is 12.8 Å². The highest BCUT2D eigenvalue weighted by Crippen LogP contribution is 2.48. The molecule has 0 saturated heterocycles. The van der Waals surface area contributed by atoms with Crippen molar-refractivity contribution in [2.75, 3.05) is 6.54 Å². The molecule has 1 aliphatic rings. The zero-order valence-corrected chi connectivity index (χ0v) is 13.0. The molecule has 0 aliphatic heterocycles. The summed E-state index contributed by atoms with van der Waals surface area (Å²) in [6.45, 7) is 7.09. The maximum atomic E-state index is 10.8. The summed E-state index contributed by atoms with van der Waals surface area (Å²) in [5.74, 6) is 1.50. The molecule has 3 N–H and O–H groups in total. The summed E-state index contributed by atoms with van der Waals surface area (Å²) in [5, 5.41) is 10.8. The molecule has 1 aromatic heterocycles. The number of aliphatic hydroxyl groups is 1. The number of aromatic nitrogens is 1. The monoisotopic (exact) mass is 276 g/mol. The Bertz CT molecular complexity index is 419. The van der Waals surface area contributed by atoms with Gasteiger partial charge in [-0.15, -0.1) is 0 Å². The van der Waals surface area contributed by atoms with Crippen LogP contribution in [0.1, 0.15) is 56.9 Å². The van der Waals surface area contributed by atoms with Crippen LogP contribution >= 0.6 is 0 Å². The van der Waals surface area contributed by atoms with E-state index in [2.05, 4.69) is 18.8 Å². The van der Waals surface area contributed by atoms with Crippen LogP contribution in [0.4, 0.5) is 0 Å². The zero-order valence-electron chi connectivity index (χ0n) is 13.0. The van der Waals surface area contributed by atoms with Crippen LogP contribution in [0.25, 0.3) is 0 Å². The molecule has 2 rings (SSSR count). The molecule has 1 fully saturated rings. The maximum absolute atomic E-state index is 10.8. The van der Waals surface area contributed by atoms with Crippen molar-refractivity contribution in [1.29, 1.82) is 0 Å². The lowest BCUT2D eigenvalue weighted by atomic mass is 9.64. The predicted octanol–water partition coefficient (Wildman–Crippen LogP) is 3.21. The number of rotatable bonds is 4. The summed E-state index contributed by atoms with van der Waals surface area (Å²) in [4.78, 5) is 4.30. The lowest BCUT2D eigenvalue weighted by Gasteiger charge is -2.43. The lowest BCUT2D eigenvalue weighted by molar-refractivity contribution is -0.0150. The van der Waals surface area contributed by atoms with Gasteiger partial charge >= 0.3 is 0 Å². The van der Waals surface area contributed by atoms with Crippen LogP contribution in [0, 0.1) is 24.2 Å². The number of hydrogen-bond acceptors (Lipinski definition) is 3. The molecule has 112 valence electrons. The Kier molecular flexibility index (Phi) is 4.82. The van der Waals surface area contributed by atoms with E-state index in [1.54, 1.807) is 6.20 Å². The van der Waals surface area contributed by atoms with E-state index in [9.17, 15) is 5.11 Å². The highest BCUT2D eigenvalue weighted by atomic mass is 16.3. The molecule has 0 aromatic carbocycles. The van der Waals surface area contributed by atoms with Crippen molar-refractivity contribution in [3.05, 3.63) is 29.6 Å². The topological polar surface area (TPSA) is 59.1 Å². The summed E-state index contributed by atoms with van der Waals surface area (Å²) < 4.78 is 0. The summed E-state index contributed by atoms with van der Waals surface area (Å²) >= 11 is 0. The SMILES string of the molecule is Cc1ccc(C(O)C2(CN)CCC(C(C)C)CC2)cn1. The first-order valence-electron chi connectivity index (χ1n) is 7.79. The minimum absolute atomic E-state index is 0.164.